The van der Waals surface area contributed by atoms with E-state index in [1.807, 2.05) is 26.0 Å². The monoisotopic (exact) mass is 557 g/mol. The molecule has 3 heterocycles. The van der Waals surface area contributed by atoms with Crippen LogP contribution in [0.4, 0.5) is 18.9 Å². The van der Waals surface area contributed by atoms with Crippen molar-refractivity contribution in [2.24, 2.45) is 0 Å². The summed E-state index contributed by atoms with van der Waals surface area (Å²) >= 11 is 2.06. The normalized spacial score (nSPS) is 11.4. The van der Waals surface area contributed by atoms with Crippen LogP contribution in [0, 0.1) is 32.1 Å². The van der Waals surface area contributed by atoms with E-state index in [-0.39, 0.29) is 39.3 Å². The fourth-order valence-electron chi connectivity index (χ4n) is 4.15. The Morgan fingerprint density at radius 3 is 2.45 bits per heavy atom. The molecule has 4 aromatic rings. The van der Waals surface area contributed by atoms with E-state index < -0.39 is 30.2 Å². The minimum absolute atomic E-state index is 0.0518. The van der Waals surface area contributed by atoms with E-state index in [2.05, 4.69) is 4.98 Å². The molecule has 0 N–H and O–H groups in total. The van der Waals surface area contributed by atoms with E-state index in [0.29, 0.717) is 10.6 Å². The van der Waals surface area contributed by atoms with E-state index in [0.717, 1.165) is 28.5 Å². The molecule has 0 aliphatic rings. The molecule has 4 rings (SSSR count). The molecule has 38 heavy (non-hydrogen) atoms. The number of hydrogen-bond acceptors (Lipinski definition) is 7. The van der Waals surface area contributed by atoms with E-state index in [9.17, 15) is 22.8 Å². The molecule has 0 aliphatic heterocycles. The number of esters is 1. The highest BCUT2D eigenvalue weighted by molar-refractivity contribution is 7.20. The zero-order valence-corrected chi connectivity index (χ0v) is 22.3. The first-order valence-electron chi connectivity index (χ1n) is 11.5. The molecule has 1 amide bonds. The molecular formula is C27H22F3N3O3S2. The first-order valence-corrected chi connectivity index (χ1v) is 13.2. The summed E-state index contributed by atoms with van der Waals surface area (Å²) in [7, 11) is 0. The summed E-state index contributed by atoms with van der Waals surface area (Å²) in [5.41, 5.74) is 1.78. The molecule has 0 radical (unpaired) electrons. The third kappa shape index (κ3) is 5.71. The molecule has 196 valence electrons. The standard InChI is InChI=1S/C27H22F3N3O3S2/c1-15-10-16(2)12-18(11-15)33(8-5-7-31)22(34)14-36-26(35)24-17(3)23-19(27(28,29)30)13-20(32-25(23)38-24)21-6-4-9-37-21/h4,6,9-13H,5,8,14H2,1-3H3. The Bertz CT molecular complexity index is 1530. The lowest BCUT2D eigenvalue weighted by Gasteiger charge is -2.22. The van der Waals surface area contributed by atoms with Gasteiger partial charge in [0.05, 0.1) is 28.6 Å². The summed E-state index contributed by atoms with van der Waals surface area (Å²) in [6.45, 7) is 4.63. The number of nitrogens with zero attached hydrogens (tertiary/aromatic N) is 3. The maximum Gasteiger partial charge on any atom is 0.417 e. The van der Waals surface area contributed by atoms with Crippen molar-refractivity contribution < 1.29 is 27.5 Å². The lowest BCUT2D eigenvalue weighted by atomic mass is 10.1. The maximum atomic E-state index is 14.0. The van der Waals surface area contributed by atoms with Crippen molar-refractivity contribution in [3.05, 3.63) is 68.9 Å². The zero-order chi connectivity index (χ0) is 27.6. The first-order chi connectivity index (χ1) is 18.0. The molecule has 11 heteroatoms. The van der Waals surface area contributed by atoms with Gasteiger partial charge in [0.2, 0.25) is 0 Å². The number of carbonyl (C=O) groups is 2. The lowest BCUT2D eigenvalue weighted by molar-refractivity contribution is -0.136. The topological polar surface area (TPSA) is 83.3 Å². The van der Waals surface area contributed by atoms with E-state index in [1.165, 1.54) is 23.2 Å². The summed E-state index contributed by atoms with van der Waals surface area (Å²) in [5, 5.41) is 10.6. The van der Waals surface area contributed by atoms with Gasteiger partial charge >= 0.3 is 12.1 Å². The SMILES string of the molecule is Cc1cc(C)cc(N(CCC#N)C(=O)COC(=O)c2sc3nc(-c4cccs4)cc(C(F)(F)F)c3c2C)c1. The lowest BCUT2D eigenvalue weighted by Crippen LogP contribution is -2.35. The number of ether oxygens (including phenoxy) is 1. The minimum atomic E-state index is -4.66. The number of aryl methyl sites for hydroxylation is 3. The second-order valence-corrected chi connectivity index (χ2v) is 10.6. The fraction of sp³-hybridized carbons (Fsp3) is 0.259. The Morgan fingerprint density at radius 2 is 1.84 bits per heavy atom. The van der Waals surface area contributed by atoms with Crippen LogP contribution in [0.25, 0.3) is 20.8 Å². The number of nitriles is 1. The number of fused-ring (bicyclic) bond motifs is 1. The molecule has 0 spiro atoms. The number of benzene rings is 1. The number of alkyl halides is 3. The first kappa shape index (κ1) is 27.3. The summed E-state index contributed by atoms with van der Waals surface area (Å²) in [6, 6.07) is 11.9. The Labute approximate surface area is 224 Å². The van der Waals surface area contributed by atoms with Gasteiger partial charge in [-0.2, -0.15) is 18.4 Å². The zero-order valence-electron chi connectivity index (χ0n) is 20.7. The van der Waals surface area contributed by atoms with Crippen LogP contribution in [-0.2, 0) is 15.7 Å². The second-order valence-electron chi connectivity index (χ2n) is 8.64. The molecule has 0 aliphatic carbocycles. The van der Waals surface area contributed by atoms with Gasteiger partial charge in [0, 0.05) is 17.6 Å². The van der Waals surface area contributed by atoms with Crippen molar-refractivity contribution in [3.63, 3.8) is 0 Å². The number of carbonyl (C=O) groups excluding carboxylic acids is 2. The summed E-state index contributed by atoms with van der Waals surface area (Å²) in [6.07, 6.45) is -4.59. The Balaban J connectivity index is 1.62. The number of thiophene rings is 2. The maximum absolute atomic E-state index is 14.0. The summed E-state index contributed by atoms with van der Waals surface area (Å²) in [4.78, 5) is 32.3. The van der Waals surface area contributed by atoms with Gasteiger partial charge in [0.1, 0.15) is 9.71 Å². The third-order valence-corrected chi connectivity index (χ3v) is 7.82. The van der Waals surface area contributed by atoms with Crippen molar-refractivity contribution >= 4 is 50.5 Å². The van der Waals surface area contributed by atoms with Gasteiger partial charge < -0.3 is 9.64 Å². The Kier molecular flexibility index (Phi) is 7.85. The molecule has 6 nitrogen and oxygen atoms in total. The van der Waals surface area contributed by atoms with Crippen LogP contribution >= 0.6 is 22.7 Å². The van der Waals surface area contributed by atoms with Crippen molar-refractivity contribution in [3.8, 4) is 16.6 Å². The molecule has 0 saturated heterocycles. The molecule has 0 unspecified atom stereocenters. The predicted molar refractivity (Wildman–Crippen MR) is 141 cm³/mol. The van der Waals surface area contributed by atoms with Crippen LogP contribution in [0.1, 0.15) is 38.3 Å². The highest BCUT2D eigenvalue weighted by Gasteiger charge is 2.36. The van der Waals surface area contributed by atoms with E-state index in [4.69, 9.17) is 10.00 Å². The van der Waals surface area contributed by atoms with Crippen LogP contribution in [0.2, 0.25) is 0 Å². The van der Waals surface area contributed by atoms with Gasteiger partial charge in [-0.1, -0.05) is 12.1 Å². The summed E-state index contributed by atoms with van der Waals surface area (Å²) < 4.78 is 47.2. The van der Waals surface area contributed by atoms with Gasteiger partial charge in [-0.3, -0.25) is 4.79 Å². The van der Waals surface area contributed by atoms with Crippen LogP contribution in [-0.4, -0.2) is 30.0 Å². The predicted octanol–water partition coefficient (Wildman–Crippen LogP) is 7.07. The second kappa shape index (κ2) is 10.9. The molecule has 0 atom stereocenters. The number of pyridine rings is 1. The van der Waals surface area contributed by atoms with Crippen molar-refractivity contribution in [2.75, 3.05) is 18.1 Å². The van der Waals surface area contributed by atoms with Crippen LogP contribution in [0.15, 0.2) is 41.8 Å². The number of amides is 1. The Morgan fingerprint density at radius 1 is 1.13 bits per heavy atom. The molecule has 1 aromatic carbocycles. The highest BCUT2D eigenvalue weighted by Crippen LogP contribution is 2.42. The van der Waals surface area contributed by atoms with Crippen LogP contribution in [0.5, 0.6) is 0 Å². The van der Waals surface area contributed by atoms with Crippen molar-refractivity contribution in [1.82, 2.24) is 4.98 Å². The minimum Gasteiger partial charge on any atom is -0.451 e. The molecular weight excluding hydrogens is 535 g/mol. The fourth-order valence-corrected chi connectivity index (χ4v) is 5.94. The quantitative estimate of drug-likeness (QED) is 0.227. The average molecular weight is 558 g/mol. The molecule has 0 bridgehead atoms. The molecule has 0 saturated carbocycles. The largest absolute Gasteiger partial charge is 0.451 e. The number of anilines is 1. The van der Waals surface area contributed by atoms with Gasteiger partial charge in [0.15, 0.2) is 6.61 Å². The van der Waals surface area contributed by atoms with Crippen molar-refractivity contribution in [2.45, 2.75) is 33.4 Å². The molecule has 0 fully saturated rings. The number of aromatic nitrogens is 1. The number of halogens is 3. The van der Waals surface area contributed by atoms with Crippen molar-refractivity contribution in [1.29, 1.82) is 5.26 Å². The van der Waals surface area contributed by atoms with Gasteiger partial charge in [-0.25, -0.2) is 9.78 Å². The van der Waals surface area contributed by atoms with E-state index >= 15 is 0 Å². The van der Waals surface area contributed by atoms with Gasteiger partial charge in [0.25, 0.3) is 5.91 Å². The number of hydrogen-bond donors (Lipinski definition) is 0. The average Bonchev–Trinajstić information content (AvgIpc) is 3.49. The van der Waals surface area contributed by atoms with Gasteiger partial charge in [-0.05, 0) is 67.1 Å². The van der Waals surface area contributed by atoms with Gasteiger partial charge in [-0.15, -0.1) is 22.7 Å². The highest BCUT2D eigenvalue weighted by atomic mass is 32.1. The number of rotatable bonds is 7. The molecule has 3 aromatic heterocycles. The van der Waals surface area contributed by atoms with E-state index in [1.54, 1.807) is 29.6 Å². The van der Waals surface area contributed by atoms with Crippen LogP contribution in [0.3, 0.4) is 0 Å². The Hall–Kier alpha value is -3.75. The van der Waals surface area contributed by atoms with Crippen LogP contribution < -0.4 is 4.90 Å². The third-order valence-electron chi connectivity index (χ3n) is 5.76. The smallest absolute Gasteiger partial charge is 0.417 e. The summed E-state index contributed by atoms with van der Waals surface area (Å²) in [5.74, 6) is -1.46.